The first-order valence-corrected chi connectivity index (χ1v) is 16.4. The van der Waals surface area contributed by atoms with Gasteiger partial charge < -0.3 is 25.4 Å². The zero-order valence-electron chi connectivity index (χ0n) is 26.9. The molecule has 2 aliphatic heterocycles. The van der Waals surface area contributed by atoms with Gasteiger partial charge in [-0.05, 0) is 50.2 Å². The molecular formula is C34H47N5O6. The van der Waals surface area contributed by atoms with Crippen LogP contribution in [0.1, 0.15) is 96.6 Å². The van der Waals surface area contributed by atoms with Gasteiger partial charge in [-0.15, -0.1) is 0 Å². The normalized spacial score (nSPS) is 23.7. The molecule has 0 spiro atoms. The van der Waals surface area contributed by atoms with Crippen molar-refractivity contribution in [2.75, 3.05) is 6.54 Å². The third-order valence-electron chi connectivity index (χ3n) is 9.32. The molecule has 0 aliphatic carbocycles. The number of nitrogens with one attached hydrogen (secondary N) is 3. The topological polar surface area (TPSA) is 147 Å². The molecule has 45 heavy (non-hydrogen) atoms. The SMILES string of the molecule is CCC(=O)CCCCC[C@@H]1NC(=O)[C@H]2CCCCN2C(=O)[C@H](C(C)CC)NC(=O)C(c2cn(C)c3ccccc3c2=O)NC1=O. The Kier molecular flexibility index (Phi) is 11.5. The van der Waals surface area contributed by atoms with Gasteiger partial charge in [0.25, 0.3) is 0 Å². The van der Waals surface area contributed by atoms with E-state index < -0.39 is 47.3 Å². The van der Waals surface area contributed by atoms with Crippen LogP contribution in [0.4, 0.5) is 0 Å². The van der Waals surface area contributed by atoms with Gasteiger partial charge >= 0.3 is 0 Å². The molecule has 3 heterocycles. The molecule has 1 aromatic heterocycles. The van der Waals surface area contributed by atoms with Crippen LogP contribution in [-0.4, -0.2) is 63.5 Å². The Labute approximate surface area is 264 Å². The molecule has 2 fully saturated rings. The monoisotopic (exact) mass is 621 g/mol. The molecule has 2 aromatic rings. The molecule has 11 nitrogen and oxygen atoms in total. The van der Waals surface area contributed by atoms with Gasteiger partial charge in [0.1, 0.15) is 30.0 Å². The van der Waals surface area contributed by atoms with E-state index in [1.165, 1.54) is 0 Å². The number of amides is 4. The Morgan fingerprint density at radius 1 is 0.933 bits per heavy atom. The van der Waals surface area contributed by atoms with Crippen molar-refractivity contribution in [1.29, 1.82) is 0 Å². The molecule has 3 N–H and O–H groups in total. The van der Waals surface area contributed by atoms with E-state index in [4.69, 9.17) is 0 Å². The highest BCUT2D eigenvalue weighted by Crippen LogP contribution is 2.24. The summed E-state index contributed by atoms with van der Waals surface area (Å²) < 4.78 is 1.73. The van der Waals surface area contributed by atoms with E-state index in [0.717, 1.165) is 12.8 Å². The van der Waals surface area contributed by atoms with Crippen LogP contribution >= 0.6 is 0 Å². The van der Waals surface area contributed by atoms with Gasteiger partial charge in [0.2, 0.25) is 23.6 Å². The third kappa shape index (κ3) is 7.80. The fraction of sp³-hybridized carbons (Fsp3) is 0.588. The first-order valence-electron chi connectivity index (χ1n) is 16.4. The molecule has 5 atom stereocenters. The number of nitrogens with zero attached hydrogens (tertiary/aromatic N) is 2. The summed E-state index contributed by atoms with van der Waals surface area (Å²) in [4.78, 5) is 82.9. The number of rotatable bonds is 10. The van der Waals surface area contributed by atoms with Gasteiger partial charge in [-0.1, -0.05) is 52.2 Å². The van der Waals surface area contributed by atoms with Crippen LogP contribution in [0.25, 0.3) is 10.9 Å². The lowest BCUT2D eigenvalue weighted by molar-refractivity contribution is -0.147. The second kappa shape index (κ2) is 15.3. The lowest BCUT2D eigenvalue weighted by Crippen LogP contribution is -2.63. The second-order valence-corrected chi connectivity index (χ2v) is 12.5. The van der Waals surface area contributed by atoms with Gasteiger partial charge in [0.05, 0.1) is 5.52 Å². The number of unbranched alkanes of at least 4 members (excludes halogenated alkanes) is 2. The summed E-state index contributed by atoms with van der Waals surface area (Å²) in [7, 11) is 1.76. The first-order chi connectivity index (χ1) is 21.6. The number of Topliss-reactive ketones (excluding diaryl/α,β-unsaturated/α-hetero) is 1. The lowest BCUT2D eigenvalue weighted by Gasteiger charge is -2.39. The van der Waals surface area contributed by atoms with Crippen LogP contribution < -0.4 is 21.4 Å². The molecule has 2 aliphatic rings. The first kappa shape index (κ1) is 33.9. The van der Waals surface area contributed by atoms with Crippen molar-refractivity contribution >= 4 is 40.3 Å². The van der Waals surface area contributed by atoms with Gasteiger partial charge in [-0.3, -0.25) is 28.8 Å². The standard InChI is InChI=1S/C34H47N5O6/c1-5-21(3)28-34(45)39-19-13-12-18-27(39)32(43)35-25(16-9-7-8-14-22(40)6-2)31(42)37-29(33(44)36-28)24-20-38(4)26-17-11-10-15-23(26)30(24)41/h10-11,15,17,20-21,25,27-29H,5-9,12-14,16,18-19H2,1-4H3,(H,35,43)(H,36,44)(H,37,42)/t21?,25-,27+,28-,29?/m0/s1. The second-order valence-electron chi connectivity index (χ2n) is 12.5. The predicted octanol–water partition coefficient (Wildman–Crippen LogP) is 3.04. The minimum atomic E-state index is -1.40. The van der Waals surface area contributed by atoms with E-state index in [1.807, 2.05) is 26.8 Å². The lowest BCUT2D eigenvalue weighted by atomic mass is 9.93. The summed E-state index contributed by atoms with van der Waals surface area (Å²) in [6.45, 7) is 5.98. The zero-order valence-corrected chi connectivity index (χ0v) is 26.9. The number of benzene rings is 1. The number of piperidine rings is 1. The quantitative estimate of drug-likeness (QED) is 0.348. The maximum absolute atomic E-state index is 14.1. The van der Waals surface area contributed by atoms with E-state index in [0.29, 0.717) is 62.4 Å². The van der Waals surface area contributed by atoms with E-state index >= 15 is 0 Å². The predicted molar refractivity (Wildman–Crippen MR) is 171 cm³/mol. The van der Waals surface area contributed by atoms with E-state index in [2.05, 4.69) is 16.0 Å². The smallest absolute Gasteiger partial charge is 0.248 e. The molecule has 244 valence electrons. The summed E-state index contributed by atoms with van der Waals surface area (Å²) in [5.74, 6) is -2.08. The fourth-order valence-electron chi connectivity index (χ4n) is 6.33. The highest BCUT2D eigenvalue weighted by molar-refractivity contribution is 5.98. The average Bonchev–Trinajstić information content (AvgIpc) is 3.05. The van der Waals surface area contributed by atoms with Crippen LogP contribution in [0.15, 0.2) is 35.3 Å². The molecule has 0 bridgehead atoms. The number of carbonyl (C=O) groups excluding carboxylic acids is 5. The van der Waals surface area contributed by atoms with Crippen LogP contribution in [0, 0.1) is 5.92 Å². The van der Waals surface area contributed by atoms with E-state index in [1.54, 1.807) is 40.9 Å². The summed E-state index contributed by atoms with van der Waals surface area (Å²) in [5, 5.41) is 8.94. The van der Waals surface area contributed by atoms with Crippen molar-refractivity contribution in [1.82, 2.24) is 25.4 Å². The summed E-state index contributed by atoms with van der Waals surface area (Å²) in [6, 6.07) is 2.92. The Hall–Kier alpha value is -4.02. The number of fused-ring (bicyclic) bond motifs is 2. The summed E-state index contributed by atoms with van der Waals surface area (Å²) in [5.41, 5.74) is 0.329. The summed E-state index contributed by atoms with van der Waals surface area (Å²) in [6.07, 6.45) is 7.22. The molecule has 2 saturated heterocycles. The number of hydrogen-bond acceptors (Lipinski definition) is 6. The minimum absolute atomic E-state index is 0.0634. The molecule has 11 heteroatoms. The molecular weight excluding hydrogens is 574 g/mol. The molecule has 0 radical (unpaired) electrons. The van der Waals surface area contributed by atoms with Crippen LogP contribution in [-0.2, 0) is 31.0 Å². The number of ketones is 1. The highest BCUT2D eigenvalue weighted by Gasteiger charge is 2.41. The maximum atomic E-state index is 14.1. The zero-order chi connectivity index (χ0) is 32.7. The Bertz CT molecular complexity index is 1490. The molecule has 0 saturated carbocycles. The van der Waals surface area contributed by atoms with E-state index in [-0.39, 0.29) is 29.6 Å². The van der Waals surface area contributed by atoms with Crippen LogP contribution in [0.5, 0.6) is 0 Å². The largest absolute Gasteiger partial charge is 0.350 e. The van der Waals surface area contributed by atoms with Crippen molar-refractivity contribution in [2.24, 2.45) is 13.0 Å². The molecule has 1 aromatic carbocycles. The van der Waals surface area contributed by atoms with Crippen molar-refractivity contribution < 1.29 is 24.0 Å². The molecule has 4 rings (SSSR count). The van der Waals surface area contributed by atoms with Crippen molar-refractivity contribution in [3.8, 4) is 0 Å². The number of aromatic nitrogens is 1. The van der Waals surface area contributed by atoms with Gasteiger partial charge in [0, 0.05) is 43.6 Å². The Balaban J connectivity index is 1.74. The van der Waals surface area contributed by atoms with Crippen molar-refractivity contribution in [3.05, 3.63) is 46.2 Å². The van der Waals surface area contributed by atoms with E-state index in [9.17, 15) is 28.8 Å². The van der Waals surface area contributed by atoms with Gasteiger partial charge in [-0.25, -0.2) is 0 Å². The summed E-state index contributed by atoms with van der Waals surface area (Å²) >= 11 is 0. The Morgan fingerprint density at radius 2 is 1.69 bits per heavy atom. The van der Waals surface area contributed by atoms with Gasteiger partial charge in [0.15, 0.2) is 5.43 Å². The number of pyridine rings is 1. The third-order valence-corrected chi connectivity index (χ3v) is 9.32. The fourth-order valence-corrected chi connectivity index (χ4v) is 6.33. The highest BCUT2D eigenvalue weighted by atomic mass is 16.2. The van der Waals surface area contributed by atoms with Crippen molar-refractivity contribution in [3.63, 3.8) is 0 Å². The number of para-hydroxylation sites is 1. The van der Waals surface area contributed by atoms with Crippen molar-refractivity contribution in [2.45, 2.75) is 109 Å². The Morgan fingerprint density at radius 3 is 2.42 bits per heavy atom. The van der Waals surface area contributed by atoms with Crippen LogP contribution in [0.3, 0.4) is 0 Å². The number of hydrogen-bond donors (Lipinski definition) is 3. The maximum Gasteiger partial charge on any atom is 0.248 e. The molecule has 2 unspecified atom stereocenters. The number of carbonyl (C=O) groups is 5. The molecule has 4 amide bonds. The minimum Gasteiger partial charge on any atom is -0.350 e. The van der Waals surface area contributed by atoms with Gasteiger partial charge in [-0.2, -0.15) is 0 Å². The number of aryl methyl sites for hydroxylation is 1. The van der Waals surface area contributed by atoms with Crippen LogP contribution in [0.2, 0.25) is 0 Å². The average molecular weight is 622 g/mol.